The second-order valence-corrected chi connectivity index (χ2v) is 4.99. The fraction of sp³-hybridized carbons (Fsp3) is 0.417. The number of nitrogens with zero attached hydrogens (tertiary/aromatic N) is 3. The molecule has 0 amide bonds. The first-order valence-corrected chi connectivity index (χ1v) is 7.02. The van der Waals surface area contributed by atoms with Crippen LogP contribution in [0.1, 0.15) is 19.8 Å². The Balaban J connectivity index is 2.17. The minimum atomic E-state index is -0.805. The number of carbonyl (C=O) groups is 1. The third kappa shape index (κ3) is 3.37. The van der Waals surface area contributed by atoms with Crippen LogP contribution in [0.15, 0.2) is 28.0 Å². The predicted octanol–water partition coefficient (Wildman–Crippen LogP) is 2.51. The van der Waals surface area contributed by atoms with Crippen LogP contribution in [0, 0.1) is 0 Å². The van der Waals surface area contributed by atoms with E-state index in [1.807, 2.05) is 10.6 Å². The molecule has 1 N–H and O–H groups in total. The van der Waals surface area contributed by atoms with Crippen LogP contribution in [0.2, 0.25) is 0 Å². The molecule has 0 saturated heterocycles. The SMILES string of the molecule is CCCn1c(SCCC(=O)O)nnc1-c1ccco1. The Morgan fingerprint density at radius 2 is 2.37 bits per heavy atom. The highest BCUT2D eigenvalue weighted by molar-refractivity contribution is 7.99. The van der Waals surface area contributed by atoms with Gasteiger partial charge in [-0.2, -0.15) is 0 Å². The Hall–Kier alpha value is -1.76. The van der Waals surface area contributed by atoms with Gasteiger partial charge in [0.15, 0.2) is 16.7 Å². The monoisotopic (exact) mass is 281 g/mol. The van der Waals surface area contributed by atoms with Crippen molar-refractivity contribution in [3.8, 4) is 11.6 Å². The summed E-state index contributed by atoms with van der Waals surface area (Å²) >= 11 is 1.40. The maximum Gasteiger partial charge on any atom is 0.304 e. The lowest BCUT2D eigenvalue weighted by atomic mass is 10.4. The normalized spacial score (nSPS) is 10.8. The molecule has 2 aromatic rings. The number of aromatic nitrogens is 3. The summed E-state index contributed by atoms with van der Waals surface area (Å²) < 4.78 is 7.30. The summed E-state index contributed by atoms with van der Waals surface area (Å²) in [6.07, 6.45) is 2.65. The van der Waals surface area contributed by atoms with E-state index < -0.39 is 5.97 Å². The highest BCUT2D eigenvalue weighted by Gasteiger charge is 2.15. The molecular weight excluding hydrogens is 266 g/mol. The molecule has 0 aliphatic carbocycles. The molecule has 2 rings (SSSR count). The van der Waals surface area contributed by atoms with Crippen molar-refractivity contribution in [3.05, 3.63) is 18.4 Å². The van der Waals surface area contributed by atoms with Gasteiger partial charge in [0, 0.05) is 12.3 Å². The van der Waals surface area contributed by atoms with E-state index in [2.05, 4.69) is 17.1 Å². The molecular formula is C12H15N3O3S. The lowest BCUT2D eigenvalue weighted by Crippen LogP contribution is -2.03. The zero-order valence-corrected chi connectivity index (χ0v) is 11.4. The smallest absolute Gasteiger partial charge is 0.304 e. The van der Waals surface area contributed by atoms with Crippen molar-refractivity contribution >= 4 is 17.7 Å². The average Bonchev–Trinajstić information content (AvgIpc) is 2.99. The van der Waals surface area contributed by atoms with Crippen LogP contribution >= 0.6 is 11.8 Å². The van der Waals surface area contributed by atoms with Crippen molar-refractivity contribution in [2.45, 2.75) is 31.5 Å². The van der Waals surface area contributed by atoms with Crippen molar-refractivity contribution in [3.63, 3.8) is 0 Å². The number of hydrogen-bond donors (Lipinski definition) is 1. The molecule has 19 heavy (non-hydrogen) atoms. The minimum Gasteiger partial charge on any atom is -0.481 e. The number of furan rings is 1. The first-order chi connectivity index (χ1) is 9.22. The van der Waals surface area contributed by atoms with Crippen LogP contribution in [0.4, 0.5) is 0 Å². The molecule has 0 saturated carbocycles. The molecule has 0 aromatic carbocycles. The van der Waals surface area contributed by atoms with Crippen molar-refractivity contribution < 1.29 is 14.3 Å². The zero-order chi connectivity index (χ0) is 13.7. The largest absolute Gasteiger partial charge is 0.481 e. The van der Waals surface area contributed by atoms with Gasteiger partial charge >= 0.3 is 5.97 Å². The predicted molar refractivity (Wildman–Crippen MR) is 71.0 cm³/mol. The number of carboxylic acids is 1. The number of carboxylic acid groups (broad SMARTS) is 1. The Labute approximate surface area is 114 Å². The molecule has 0 atom stereocenters. The van der Waals surface area contributed by atoms with Gasteiger partial charge in [0.05, 0.1) is 12.7 Å². The van der Waals surface area contributed by atoms with Crippen molar-refractivity contribution in [2.24, 2.45) is 0 Å². The lowest BCUT2D eigenvalue weighted by molar-refractivity contribution is -0.136. The topological polar surface area (TPSA) is 81.2 Å². The highest BCUT2D eigenvalue weighted by atomic mass is 32.2. The number of thioether (sulfide) groups is 1. The average molecular weight is 281 g/mol. The van der Waals surface area contributed by atoms with Gasteiger partial charge in [-0.15, -0.1) is 10.2 Å². The molecule has 0 spiro atoms. The molecule has 0 aliphatic heterocycles. The van der Waals surface area contributed by atoms with Gasteiger partial charge in [-0.1, -0.05) is 18.7 Å². The zero-order valence-electron chi connectivity index (χ0n) is 10.6. The molecule has 0 aliphatic rings. The van der Waals surface area contributed by atoms with Crippen LogP contribution in [0.5, 0.6) is 0 Å². The summed E-state index contributed by atoms with van der Waals surface area (Å²) in [4.78, 5) is 10.5. The van der Waals surface area contributed by atoms with E-state index in [0.29, 0.717) is 17.3 Å². The van der Waals surface area contributed by atoms with Crippen molar-refractivity contribution in [2.75, 3.05) is 5.75 Å². The summed E-state index contributed by atoms with van der Waals surface area (Å²) in [7, 11) is 0. The molecule has 102 valence electrons. The third-order valence-corrected chi connectivity index (χ3v) is 3.42. The first-order valence-electron chi connectivity index (χ1n) is 6.04. The Bertz CT molecular complexity index is 536. The molecule has 0 fully saturated rings. The number of rotatable bonds is 7. The van der Waals surface area contributed by atoms with Gasteiger partial charge in [0.25, 0.3) is 0 Å². The molecule has 2 heterocycles. The van der Waals surface area contributed by atoms with Crippen LogP contribution in [0.3, 0.4) is 0 Å². The van der Waals surface area contributed by atoms with E-state index in [0.717, 1.165) is 18.1 Å². The summed E-state index contributed by atoms with van der Waals surface area (Å²) in [5.74, 6) is 1.03. The Morgan fingerprint density at radius 1 is 1.53 bits per heavy atom. The van der Waals surface area contributed by atoms with E-state index in [1.54, 1.807) is 12.3 Å². The van der Waals surface area contributed by atoms with Gasteiger partial charge in [-0.05, 0) is 18.6 Å². The van der Waals surface area contributed by atoms with Crippen molar-refractivity contribution in [1.82, 2.24) is 14.8 Å². The summed E-state index contributed by atoms with van der Waals surface area (Å²) in [6.45, 7) is 2.84. The molecule has 0 bridgehead atoms. The summed E-state index contributed by atoms with van der Waals surface area (Å²) in [6, 6.07) is 3.64. The van der Waals surface area contributed by atoms with E-state index in [9.17, 15) is 4.79 Å². The standard InChI is InChI=1S/C12H15N3O3S/c1-2-6-15-11(9-4-3-7-18-9)13-14-12(15)19-8-5-10(16)17/h3-4,7H,2,5-6,8H2,1H3,(H,16,17). The highest BCUT2D eigenvalue weighted by Crippen LogP contribution is 2.24. The van der Waals surface area contributed by atoms with Gasteiger partial charge in [0.2, 0.25) is 0 Å². The molecule has 0 unspecified atom stereocenters. The fourth-order valence-corrected chi connectivity index (χ4v) is 2.53. The van der Waals surface area contributed by atoms with Gasteiger partial charge in [-0.25, -0.2) is 0 Å². The van der Waals surface area contributed by atoms with Crippen LogP contribution < -0.4 is 0 Å². The van der Waals surface area contributed by atoms with E-state index in [4.69, 9.17) is 9.52 Å². The van der Waals surface area contributed by atoms with Crippen LogP contribution in [-0.2, 0) is 11.3 Å². The van der Waals surface area contributed by atoms with Crippen LogP contribution in [0.25, 0.3) is 11.6 Å². The number of aliphatic carboxylic acids is 1. The van der Waals surface area contributed by atoms with Gasteiger partial charge < -0.3 is 9.52 Å². The molecule has 7 heteroatoms. The maximum absolute atomic E-state index is 10.5. The lowest BCUT2D eigenvalue weighted by Gasteiger charge is -2.06. The Kier molecular flexibility index (Phi) is 4.62. The fourth-order valence-electron chi connectivity index (χ4n) is 1.64. The molecule has 2 aromatic heterocycles. The van der Waals surface area contributed by atoms with Gasteiger partial charge in [-0.3, -0.25) is 9.36 Å². The Morgan fingerprint density at radius 3 is 3.00 bits per heavy atom. The quantitative estimate of drug-likeness (QED) is 0.785. The van der Waals surface area contributed by atoms with E-state index in [-0.39, 0.29) is 6.42 Å². The second-order valence-electron chi connectivity index (χ2n) is 3.93. The van der Waals surface area contributed by atoms with E-state index >= 15 is 0 Å². The second kappa shape index (κ2) is 6.42. The van der Waals surface area contributed by atoms with Gasteiger partial charge in [0.1, 0.15) is 0 Å². The first kappa shape index (κ1) is 13.7. The minimum absolute atomic E-state index is 0.111. The summed E-state index contributed by atoms with van der Waals surface area (Å²) in [5, 5.41) is 17.6. The van der Waals surface area contributed by atoms with Crippen LogP contribution in [-0.4, -0.2) is 31.6 Å². The third-order valence-electron chi connectivity index (χ3n) is 2.45. The summed E-state index contributed by atoms with van der Waals surface area (Å²) in [5.41, 5.74) is 0. The molecule has 0 radical (unpaired) electrons. The van der Waals surface area contributed by atoms with Crippen molar-refractivity contribution in [1.29, 1.82) is 0 Å². The molecule has 6 nitrogen and oxygen atoms in total. The maximum atomic E-state index is 10.5. The van der Waals surface area contributed by atoms with E-state index in [1.165, 1.54) is 11.8 Å². The number of hydrogen-bond acceptors (Lipinski definition) is 5.